The molecule has 406 valence electrons. The predicted octanol–water partition coefficient (Wildman–Crippen LogP) is 18.9. The van der Waals surface area contributed by atoms with Crippen molar-refractivity contribution in [2.75, 3.05) is 0 Å². The zero-order valence-corrected chi connectivity index (χ0v) is 46.6. The largest absolute Gasteiger partial charge is 0.457 e. The summed E-state index contributed by atoms with van der Waals surface area (Å²) >= 11 is 0. The average Bonchev–Trinajstić information content (AvgIpc) is 3.44. The minimum Gasteiger partial charge on any atom is -0.457 e. The van der Waals surface area contributed by atoms with Crippen LogP contribution in [0.1, 0.15) is 131 Å². The number of benzene rings is 6. The van der Waals surface area contributed by atoms with E-state index in [1.807, 2.05) is 155 Å². The van der Waals surface area contributed by atoms with Crippen molar-refractivity contribution in [3.63, 3.8) is 0 Å². The summed E-state index contributed by atoms with van der Waals surface area (Å²) in [5.41, 5.74) is 6.22. The number of allylic oxidation sites excluding steroid dienone is 2. The first kappa shape index (κ1) is 71.6. The molecule has 0 aliphatic carbocycles. The number of hydrogen-bond donors (Lipinski definition) is 0. The fourth-order valence-corrected chi connectivity index (χ4v) is 5.12. The first-order valence-corrected chi connectivity index (χ1v) is 24.6. The number of rotatable bonds is 11. The summed E-state index contributed by atoms with van der Waals surface area (Å²) in [6.45, 7) is 43.6. The number of ether oxygens (including phenoxy) is 3. The molecule has 75 heavy (non-hydrogen) atoms. The van der Waals surface area contributed by atoms with Gasteiger partial charge in [0.15, 0.2) is 23.3 Å². The third-order valence-electron chi connectivity index (χ3n) is 8.97. The highest BCUT2D eigenvalue weighted by Gasteiger charge is 2.26. The Labute approximate surface area is 445 Å². The molecule has 1 unspecified atom stereocenters. The highest BCUT2D eigenvalue weighted by molar-refractivity contribution is 5.88. The monoisotopic (exact) mass is 1040 g/mol. The first-order valence-electron chi connectivity index (χ1n) is 24.6. The molecule has 11 heteroatoms. The molecule has 0 saturated heterocycles. The van der Waals surface area contributed by atoms with Gasteiger partial charge in [0, 0.05) is 16.7 Å². The van der Waals surface area contributed by atoms with Crippen LogP contribution in [0.4, 0.5) is 22.0 Å². The van der Waals surface area contributed by atoms with E-state index in [2.05, 4.69) is 92.2 Å². The van der Waals surface area contributed by atoms with Crippen molar-refractivity contribution in [1.82, 2.24) is 0 Å². The quantitative estimate of drug-likeness (QED) is 0.0321. The Bertz CT molecular complexity index is 2630. The number of fused-ring (bicyclic) bond motifs is 1. The Balaban J connectivity index is -0.000000844. The molecule has 0 fully saturated rings. The Kier molecular flexibility index (Phi) is 39.9. The summed E-state index contributed by atoms with van der Waals surface area (Å²) in [5.74, 6) is -12.2. The molecule has 0 aromatic heterocycles. The van der Waals surface area contributed by atoms with Crippen molar-refractivity contribution in [2.45, 2.75) is 116 Å². The molecule has 6 rings (SSSR count). The summed E-state index contributed by atoms with van der Waals surface area (Å²) in [5, 5.41) is 2.57. The normalized spacial score (nSPS) is 9.48. The van der Waals surface area contributed by atoms with Gasteiger partial charge in [-0.05, 0) is 80.6 Å². The summed E-state index contributed by atoms with van der Waals surface area (Å²) in [4.78, 5) is 33.1. The van der Waals surface area contributed by atoms with Crippen molar-refractivity contribution in [3.05, 3.63) is 240 Å². The van der Waals surface area contributed by atoms with E-state index in [0.717, 1.165) is 22.3 Å². The van der Waals surface area contributed by atoms with E-state index in [4.69, 9.17) is 9.47 Å². The number of carbonyl (C=O) groups is 3. The first-order chi connectivity index (χ1) is 35.7. The van der Waals surface area contributed by atoms with Crippen LogP contribution in [0.5, 0.6) is 0 Å². The molecule has 0 bridgehead atoms. The van der Waals surface area contributed by atoms with Crippen LogP contribution in [0.3, 0.4) is 0 Å². The molecule has 1 atom stereocenters. The van der Waals surface area contributed by atoms with Gasteiger partial charge in [0.1, 0.15) is 19.3 Å². The highest BCUT2D eigenvalue weighted by Crippen LogP contribution is 2.24. The van der Waals surface area contributed by atoms with Crippen molar-refractivity contribution in [2.24, 2.45) is 0 Å². The van der Waals surface area contributed by atoms with Crippen LogP contribution >= 0.6 is 0 Å². The van der Waals surface area contributed by atoms with Gasteiger partial charge in [-0.15, -0.1) is 0 Å². The van der Waals surface area contributed by atoms with Crippen molar-refractivity contribution < 1.29 is 50.5 Å². The molecule has 0 radical (unpaired) electrons. The van der Waals surface area contributed by atoms with Crippen LogP contribution in [0, 0.1) is 29.1 Å². The lowest BCUT2D eigenvalue weighted by molar-refractivity contribution is -0.144. The van der Waals surface area contributed by atoms with E-state index in [1.54, 1.807) is 13.8 Å². The van der Waals surface area contributed by atoms with E-state index in [1.165, 1.54) is 28.8 Å². The zero-order chi connectivity index (χ0) is 58.2. The maximum absolute atomic E-state index is 13.1. The Morgan fingerprint density at radius 2 is 0.787 bits per heavy atom. The minimum atomic E-state index is -2.26. The topological polar surface area (TPSA) is 78.9 Å². The molecular weight excluding hydrogens is 960 g/mol. The maximum Gasteiger partial charge on any atom is 0.333 e. The van der Waals surface area contributed by atoms with Gasteiger partial charge in [0.05, 0.1) is 5.56 Å². The molecule has 0 heterocycles. The molecule has 6 aromatic carbocycles. The zero-order valence-electron chi connectivity index (χ0n) is 46.6. The van der Waals surface area contributed by atoms with Crippen molar-refractivity contribution in [1.29, 1.82) is 0 Å². The molecule has 0 saturated carbocycles. The third-order valence-corrected chi connectivity index (χ3v) is 8.97. The summed E-state index contributed by atoms with van der Waals surface area (Å²) in [6.07, 6.45) is -0.222. The number of halogens is 5. The van der Waals surface area contributed by atoms with Gasteiger partial charge in [-0.25, -0.2) is 36.3 Å². The summed E-state index contributed by atoms with van der Waals surface area (Å²) in [7, 11) is 0. The van der Waals surface area contributed by atoms with Gasteiger partial charge in [-0.1, -0.05) is 227 Å². The predicted molar refractivity (Wildman–Crippen MR) is 303 cm³/mol. The molecule has 6 nitrogen and oxygen atoms in total. The van der Waals surface area contributed by atoms with E-state index < -0.39 is 47.2 Å². The number of carbonyl (C=O) groups excluding carboxylic acids is 3. The fraction of sp³-hybridized carbons (Fsp3) is 0.266. The Hall–Kier alpha value is -7.66. The highest BCUT2D eigenvalue weighted by atomic mass is 19.2. The average molecular weight is 1040 g/mol. The molecule has 6 aromatic rings. The van der Waals surface area contributed by atoms with Crippen LogP contribution in [0.25, 0.3) is 21.9 Å². The Morgan fingerprint density at radius 1 is 0.427 bits per heavy atom. The van der Waals surface area contributed by atoms with Crippen LogP contribution in [0.15, 0.2) is 183 Å². The van der Waals surface area contributed by atoms with E-state index in [9.17, 15) is 36.3 Å². The molecular formula is C64H79F5O6. The number of esters is 3. The molecule has 0 amide bonds. The van der Waals surface area contributed by atoms with Crippen LogP contribution in [-0.4, -0.2) is 17.9 Å². The smallest absolute Gasteiger partial charge is 0.333 e. The van der Waals surface area contributed by atoms with Gasteiger partial charge < -0.3 is 14.2 Å². The maximum atomic E-state index is 13.1. The van der Waals surface area contributed by atoms with Crippen LogP contribution in [-0.2, 0) is 41.8 Å². The molecule has 0 aliphatic rings. The second-order valence-corrected chi connectivity index (χ2v) is 15.0. The fourth-order valence-electron chi connectivity index (χ4n) is 5.12. The van der Waals surface area contributed by atoms with Crippen LogP contribution < -0.4 is 0 Å². The lowest BCUT2D eigenvalue weighted by atomic mass is 10.0. The van der Waals surface area contributed by atoms with E-state index >= 15 is 0 Å². The SMILES string of the molecule is C=C(C)C(=O)OC(C)c1ccccc1.C=C(C)C(=O)OCc1c(F)c(F)c(F)c(F)c1F.C=C(C)C(=O)OCc1ccccc1.C=C(C)c1ccc2ccccc2c1.C=C(C)c1ccccc1.CC.CC.CC.CC. The standard InChI is InChI=1S/C13H12.C12H14O2.C11H7F5O2.C11H12O2.C9H10.4C2H6/c1-10(2)12-8-7-11-5-3-4-6-13(11)9-12;1-9(2)12(13)14-10(3)11-7-5-4-6-8-11;1-4(2)11(17)18-3-5-6(12)8(14)10(16)9(15)7(5)13;1-9(2)11(12)13-8-10-6-4-3-5-7-10;1-8(2)9-6-4-3-5-7-9;4*1-2/h3-9H,1H2,2H3;4-8,10H,1H2,2-3H3;1,3H2,2H3;3-7H,1,8H2,2H3;3-7H,1H2,2H3;4*1-2H3. The molecule has 0 aliphatic heterocycles. The van der Waals surface area contributed by atoms with Crippen molar-refractivity contribution >= 4 is 39.8 Å². The summed E-state index contributed by atoms with van der Waals surface area (Å²) < 4.78 is 78.9. The van der Waals surface area contributed by atoms with Gasteiger partial charge >= 0.3 is 17.9 Å². The lowest BCUT2D eigenvalue weighted by Crippen LogP contribution is -2.11. The Morgan fingerprint density at radius 3 is 1.19 bits per heavy atom. The second kappa shape index (κ2) is 41.8. The lowest BCUT2D eigenvalue weighted by Gasteiger charge is -2.13. The van der Waals surface area contributed by atoms with E-state index in [0.29, 0.717) is 17.8 Å². The minimum absolute atomic E-state index is 0.0705. The molecule has 0 N–H and O–H groups in total. The van der Waals surface area contributed by atoms with Gasteiger partial charge in [0.25, 0.3) is 0 Å². The van der Waals surface area contributed by atoms with Gasteiger partial charge in [-0.2, -0.15) is 0 Å². The molecule has 0 spiro atoms. The second-order valence-electron chi connectivity index (χ2n) is 15.0. The van der Waals surface area contributed by atoms with E-state index in [-0.39, 0.29) is 23.6 Å². The van der Waals surface area contributed by atoms with Gasteiger partial charge in [-0.3, -0.25) is 0 Å². The summed E-state index contributed by atoms with van der Waals surface area (Å²) in [6, 6.07) is 44.1. The van der Waals surface area contributed by atoms with Crippen LogP contribution in [0.2, 0.25) is 0 Å². The number of hydrogen-bond acceptors (Lipinski definition) is 6. The van der Waals surface area contributed by atoms with Crippen molar-refractivity contribution in [3.8, 4) is 0 Å². The third kappa shape index (κ3) is 28.4. The van der Waals surface area contributed by atoms with Gasteiger partial charge in [0.2, 0.25) is 5.82 Å².